The molecule has 0 spiro atoms. The van der Waals surface area contributed by atoms with Gasteiger partial charge in [0, 0.05) is 16.7 Å². The number of aromatic nitrogens is 1. The van der Waals surface area contributed by atoms with E-state index in [-0.39, 0.29) is 11.3 Å². The van der Waals surface area contributed by atoms with Crippen LogP contribution in [-0.2, 0) is 11.6 Å². The molecule has 4 rings (SSSR count). The lowest BCUT2D eigenvalue weighted by Crippen LogP contribution is -2.15. The van der Waals surface area contributed by atoms with Crippen molar-refractivity contribution in [3.05, 3.63) is 71.9 Å². The van der Waals surface area contributed by atoms with Crippen LogP contribution in [0.2, 0.25) is 0 Å². The van der Waals surface area contributed by atoms with E-state index in [1.54, 1.807) is 28.7 Å². The molecule has 0 fully saturated rings. The molecule has 0 amide bonds. The van der Waals surface area contributed by atoms with E-state index in [1.807, 2.05) is 24.3 Å². The second kappa shape index (κ2) is 7.69. The van der Waals surface area contributed by atoms with Crippen LogP contribution >= 0.6 is 10.7 Å². The van der Waals surface area contributed by atoms with Crippen molar-refractivity contribution < 1.29 is 17.9 Å². The summed E-state index contributed by atoms with van der Waals surface area (Å²) in [4.78, 5) is 6.64. The minimum Gasteiger partial charge on any atom is -0.437 e. The van der Waals surface area contributed by atoms with Gasteiger partial charge in [0.25, 0.3) is 0 Å². The summed E-state index contributed by atoms with van der Waals surface area (Å²) in [6, 6.07) is 14.7. The Labute approximate surface area is 181 Å². The van der Waals surface area contributed by atoms with Gasteiger partial charge in [-0.3, -0.25) is 5.14 Å². The van der Waals surface area contributed by atoms with Gasteiger partial charge in [-0.1, -0.05) is 49.6 Å². The summed E-state index contributed by atoms with van der Waals surface area (Å²) in [5.41, 5.74) is 2.70. The van der Waals surface area contributed by atoms with Gasteiger partial charge in [-0.15, -0.1) is 0 Å². The largest absolute Gasteiger partial charge is 0.437 e. The molecule has 2 aromatic carbocycles. The number of hydrogen-bond acceptors (Lipinski definition) is 4. The number of halogens is 3. The minimum atomic E-state index is -4.45. The summed E-state index contributed by atoms with van der Waals surface area (Å²) in [5, 5.41) is 6.21. The standard InChI is InChI=1S/C23H22F3N3OS/c1-22(2,3)16-7-4-5-9-19(16)30-21-17(8-6-12-28-21)29-14-31(27)20-11-10-15(13-18(20)29)23(24,25)26/h4-14H,27H2,1-3H3. The number of nitrogens with two attached hydrogens (primary N) is 1. The average Bonchev–Trinajstić information content (AvgIpc) is 3.03. The van der Waals surface area contributed by atoms with E-state index in [0.717, 1.165) is 17.7 Å². The van der Waals surface area contributed by atoms with E-state index in [4.69, 9.17) is 9.88 Å². The molecule has 0 radical (unpaired) electrons. The summed E-state index contributed by atoms with van der Waals surface area (Å²) in [6.45, 7) is 6.24. The maximum atomic E-state index is 13.3. The van der Waals surface area contributed by atoms with Crippen LogP contribution in [0.4, 0.5) is 24.5 Å². The van der Waals surface area contributed by atoms with Gasteiger partial charge in [-0.05, 0) is 41.8 Å². The van der Waals surface area contributed by atoms with Crippen LogP contribution in [0.1, 0.15) is 31.9 Å². The fourth-order valence-electron chi connectivity index (χ4n) is 3.42. The summed E-state index contributed by atoms with van der Waals surface area (Å²) in [7, 11) is -0.836. The van der Waals surface area contributed by atoms with Crippen molar-refractivity contribution in [3.8, 4) is 11.6 Å². The Bertz CT molecular complexity index is 1170. The van der Waals surface area contributed by atoms with Crippen molar-refractivity contribution in [2.45, 2.75) is 37.3 Å². The van der Waals surface area contributed by atoms with Crippen molar-refractivity contribution in [2.75, 3.05) is 4.90 Å². The number of benzene rings is 2. The monoisotopic (exact) mass is 445 g/mol. The highest BCUT2D eigenvalue weighted by molar-refractivity contribution is 8.13. The smallest absolute Gasteiger partial charge is 0.416 e. The summed E-state index contributed by atoms with van der Waals surface area (Å²) in [5.74, 6) is 0.933. The third-order valence-corrected chi connectivity index (χ3v) is 6.22. The van der Waals surface area contributed by atoms with Gasteiger partial charge in [0.15, 0.2) is 0 Å². The van der Waals surface area contributed by atoms with Gasteiger partial charge in [0.05, 0.1) is 16.7 Å². The third kappa shape index (κ3) is 4.18. The van der Waals surface area contributed by atoms with Crippen LogP contribution in [-0.4, -0.2) is 10.5 Å². The first-order chi connectivity index (χ1) is 14.6. The molecule has 162 valence electrons. The van der Waals surface area contributed by atoms with Crippen LogP contribution in [0, 0.1) is 0 Å². The number of fused-ring (bicyclic) bond motifs is 1. The van der Waals surface area contributed by atoms with Gasteiger partial charge in [-0.25, -0.2) is 4.98 Å². The lowest BCUT2D eigenvalue weighted by Gasteiger charge is -2.24. The molecule has 3 aromatic rings. The van der Waals surface area contributed by atoms with Crippen LogP contribution in [0.15, 0.2) is 65.7 Å². The van der Waals surface area contributed by atoms with Gasteiger partial charge >= 0.3 is 6.18 Å². The number of alkyl halides is 3. The number of rotatable bonds is 3. The second-order valence-electron chi connectivity index (χ2n) is 8.20. The number of para-hydroxylation sites is 1. The maximum Gasteiger partial charge on any atom is 0.416 e. The molecule has 1 aliphatic heterocycles. The first kappa shape index (κ1) is 21.4. The second-order valence-corrected chi connectivity index (χ2v) is 9.60. The van der Waals surface area contributed by atoms with Crippen LogP contribution in [0.5, 0.6) is 11.6 Å². The third-order valence-electron chi connectivity index (χ3n) is 4.93. The molecule has 1 atom stereocenters. The number of pyridine rings is 1. The van der Waals surface area contributed by atoms with Crippen LogP contribution in [0.3, 0.4) is 0 Å². The van der Waals surface area contributed by atoms with E-state index in [2.05, 4.69) is 25.8 Å². The molecule has 2 heterocycles. The molecule has 8 heteroatoms. The normalized spacial score (nSPS) is 16.1. The average molecular weight is 446 g/mol. The minimum absolute atomic E-state index is 0.163. The molecule has 2 N–H and O–H groups in total. The molecule has 0 saturated carbocycles. The van der Waals surface area contributed by atoms with Crippen LogP contribution in [0.25, 0.3) is 0 Å². The molecule has 0 aliphatic carbocycles. The van der Waals surface area contributed by atoms with Crippen LogP contribution < -0.4 is 14.8 Å². The van der Waals surface area contributed by atoms with Gasteiger partial charge in [0.1, 0.15) is 11.4 Å². The van der Waals surface area contributed by atoms with Crippen molar-refractivity contribution in [2.24, 2.45) is 5.14 Å². The van der Waals surface area contributed by atoms with Gasteiger partial charge < -0.3 is 9.64 Å². The number of anilines is 2. The zero-order valence-electron chi connectivity index (χ0n) is 17.3. The molecule has 0 bridgehead atoms. The van der Waals surface area contributed by atoms with Gasteiger partial charge in [-0.2, -0.15) is 13.2 Å². The predicted octanol–water partition coefficient (Wildman–Crippen LogP) is 6.60. The molecule has 1 unspecified atom stereocenters. The van der Waals surface area contributed by atoms with E-state index in [1.165, 1.54) is 6.07 Å². The van der Waals surface area contributed by atoms with Crippen molar-refractivity contribution in [1.82, 2.24) is 4.98 Å². The molecule has 1 aliphatic rings. The lowest BCUT2D eigenvalue weighted by molar-refractivity contribution is -0.137. The first-order valence-electron chi connectivity index (χ1n) is 9.61. The molecular formula is C23H22F3N3OS. The first-order valence-corrected chi connectivity index (χ1v) is 11.0. The van der Waals surface area contributed by atoms with Crippen molar-refractivity contribution in [3.63, 3.8) is 0 Å². The fourth-order valence-corrected chi connectivity index (χ4v) is 4.61. The Morgan fingerprint density at radius 2 is 1.71 bits per heavy atom. The number of ether oxygens (including phenoxy) is 1. The molecule has 31 heavy (non-hydrogen) atoms. The van der Waals surface area contributed by atoms with Crippen molar-refractivity contribution in [1.29, 1.82) is 0 Å². The van der Waals surface area contributed by atoms with E-state index in [0.29, 0.717) is 22.0 Å². The Morgan fingerprint density at radius 1 is 0.968 bits per heavy atom. The number of hydrogen-bond donors (Lipinski definition) is 1. The Balaban J connectivity index is 1.79. The highest BCUT2D eigenvalue weighted by atomic mass is 32.2. The zero-order chi connectivity index (χ0) is 22.4. The summed E-state index contributed by atoms with van der Waals surface area (Å²) in [6.07, 6.45) is -2.86. The number of nitrogens with zero attached hydrogens (tertiary/aromatic N) is 2. The SMILES string of the molecule is CC(C)(C)c1ccccc1Oc1ncccc1N1C=S(N)c2ccc(C(F)(F)F)cc21. The molecule has 1 aromatic heterocycles. The summed E-state index contributed by atoms with van der Waals surface area (Å²) >= 11 is 0. The van der Waals surface area contributed by atoms with E-state index >= 15 is 0 Å². The summed E-state index contributed by atoms with van der Waals surface area (Å²) < 4.78 is 46.1. The lowest BCUT2D eigenvalue weighted by atomic mass is 9.86. The quantitative estimate of drug-likeness (QED) is 0.461. The van der Waals surface area contributed by atoms with Gasteiger partial charge in [0.2, 0.25) is 5.88 Å². The topological polar surface area (TPSA) is 51.4 Å². The van der Waals surface area contributed by atoms with E-state index < -0.39 is 22.4 Å². The van der Waals surface area contributed by atoms with Crippen molar-refractivity contribution >= 4 is 27.5 Å². The molecule has 4 nitrogen and oxygen atoms in total. The highest BCUT2D eigenvalue weighted by Gasteiger charge is 2.33. The molecular weight excluding hydrogens is 423 g/mol. The Hall–Kier alpha value is -2.84. The Kier molecular flexibility index (Phi) is 5.31. The zero-order valence-corrected chi connectivity index (χ0v) is 18.1. The maximum absolute atomic E-state index is 13.3. The Morgan fingerprint density at radius 3 is 2.42 bits per heavy atom. The van der Waals surface area contributed by atoms with E-state index in [9.17, 15) is 13.2 Å². The fraction of sp³-hybridized carbons (Fsp3) is 0.217. The molecule has 0 saturated heterocycles. The highest BCUT2D eigenvalue weighted by Crippen LogP contribution is 2.46. The predicted molar refractivity (Wildman–Crippen MR) is 119 cm³/mol.